The first-order valence-corrected chi connectivity index (χ1v) is 10.7. The number of aromatic nitrogens is 1. The fourth-order valence-electron chi connectivity index (χ4n) is 2.81. The van der Waals surface area contributed by atoms with Crippen LogP contribution in [0.5, 0.6) is 0 Å². The van der Waals surface area contributed by atoms with Crippen LogP contribution in [0.3, 0.4) is 0 Å². The van der Waals surface area contributed by atoms with Crippen molar-refractivity contribution in [2.75, 3.05) is 0 Å². The molecule has 0 amide bonds. The molecule has 1 aliphatic carbocycles. The first-order valence-electron chi connectivity index (χ1n) is 7.51. The lowest BCUT2D eigenvalue weighted by molar-refractivity contribution is 0.412. The Kier molecular flexibility index (Phi) is 4.68. The molecule has 0 aromatic carbocycles. The molecule has 0 atom stereocenters. The number of nitrogens with zero attached hydrogens (tertiary/aromatic N) is 1. The summed E-state index contributed by atoms with van der Waals surface area (Å²) in [4.78, 5) is 6.61. The summed E-state index contributed by atoms with van der Waals surface area (Å²) in [5.74, 6) is 0. The summed E-state index contributed by atoms with van der Waals surface area (Å²) in [5.41, 5.74) is 0.968. The average molecular weight is 357 g/mol. The topological polar surface area (TPSA) is 59.1 Å². The predicted molar refractivity (Wildman–Crippen MR) is 92.1 cm³/mol. The highest BCUT2D eigenvalue weighted by Crippen LogP contribution is 2.35. The third-order valence-corrected chi connectivity index (χ3v) is 7.87. The summed E-state index contributed by atoms with van der Waals surface area (Å²) in [5, 5.41) is 2.88. The molecule has 0 bridgehead atoms. The molecule has 1 aliphatic rings. The van der Waals surface area contributed by atoms with Gasteiger partial charge in [-0.2, -0.15) is 0 Å². The second-order valence-corrected chi connectivity index (χ2v) is 9.58. The molecule has 0 radical (unpaired) electrons. The summed E-state index contributed by atoms with van der Waals surface area (Å²) in [6, 6.07) is 1.85. The van der Waals surface area contributed by atoms with Crippen LogP contribution in [0.15, 0.2) is 16.3 Å². The Morgan fingerprint density at radius 3 is 2.59 bits per heavy atom. The van der Waals surface area contributed by atoms with Crippen molar-refractivity contribution in [1.82, 2.24) is 9.71 Å². The zero-order valence-electron chi connectivity index (χ0n) is 12.8. The quantitative estimate of drug-likeness (QED) is 0.897. The molecule has 1 fully saturated rings. The Hall–Kier alpha value is -0.760. The van der Waals surface area contributed by atoms with Crippen LogP contribution in [0, 0.1) is 13.8 Å². The van der Waals surface area contributed by atoms with Gasteiger partial charge >= 0.3 is 0 Å². The van der Waals surface area contributed by atoms with E-state index in [-0.39, 0.29) is 6.04 Å². The van der Waals surface area contributed by atoms with Crippen LogP contribution in [0.4, 0.5) is 0 Å². The molecule has 0 saturated heterocycles. The molecule has 22 heavy (non-hydrogen) atoms. The van der Waals surface area contributed by atoms with Gasteiger partial charge in [-0.05, 0) is 32.8 Å². The van der Waals surface area contributed by atoms with Crippen LogP contribution in [-0.2, 0) is 10.0 Å². The predicted octanol–water partition coefficient (Wildman–Crippen LogP) is 4.10. The average Bonchev–Trinajstić information content (AvgIpc) is 3.06. The fraction of sp³-hybridized carbons (Fsp3) is 0.533. The van der Waals surface area contributed by atoms with E-state index in [4.69, 9.17) is 0 Å². The number of rotatable bonds is 4. The van der Waals surface area contributed by atoms with Crippen molar-refractivity contribution >= 4 is 32.7 Å². The maximum absolute atomic E-state index is 12.6. The van der Waals surface area contributed by atoms with E-state index >= 15 is 0 Å². The van der Waals surface area contributed by atoms with Crippen LogP contribution in [0.25, 0.3) is 9.88 Å². The molecular weight excluding hydrogens is 336 g/mol. The van der Waals surface area contributed by atoms with Crippen LogP contribution in [-0.4, -0.2) is 19.4 Å². The minimum atomic E-state index is -3.43. The van der Waals surface area contributed by atoms with E-state index in [1.807, 2.05) is 19.2 Å². The van der Waals surface area contributed by atoms with Gasteiger partial charge in [0.15, 0.2) is 0 Å². The van der Waals surface area contributed by atoms with Crippen molar-refractivity contribution in [3.05, 3.63) is 22.0 Å². The molecule has 2 aromatic rings. The maximum atomic E-state index is 12.6. The van der Waals surface area contributed by atoms with Gasteiger partial charge in [0, 0.05) is 22.0 Å². The molecule has 4 nitrogen and oxygen atoms in total. The summed E-state index contributed by atoms with van der Waals surface area (Å²) in [6.45, 7) is 3.81. The summed E-state index contributed by atoms with van der Waals surface area (Å²) in [6.07, 6.45) is 5.32. The third-order valence-electron chi connectivity index (χ3n) is 3.92. The highest BCUT2D eigenvalue weighted by Gasteiger charge is 2.25. The van der Waals surface area contributed by atoms with E-state index in [2.05, 4.69) is 9.71 Å². The van der Waals surface area contributed by atoms with Gasteiger partial charge in [0.05, 0.1) is 9.77 Å². The van der Waals surface area contributed by atoms with E-state index in [0.29, 0.717) is 4.90 Å². The Bertz CT molecular complexity index is 756. The molecule has 1 saturated carbocycles. The first kappa shape index (κ1) is 16.1. The van der Waals surface area contributed by atoms with Gasteiger partial charge in [0.2, 0.25) is 10.0 Å². The van der Waals surface area contributed by atoms with E-state index in [1.54, 1.807) is 17.4 Å². The molecular formula is C15H20N2O2S3. The third kappa shape index (κ3) is 3.42. The summed E-state index contributed by atoms with van der Waals surface area (Å²) in [7, 11) is -3.43. The van der Waals surface area contributed by atoms with Crippen LogP contribution in [0.1, 0.15) is 42.7 Å². The SMILES string of the molecule is Cc1csc(-c2cc(S(=O)(=O)NC3CCCCC3)c(C)s2)n1. The minimum absolute atomic E-state index is 0.0867. The zero-order chi connectivity index (χ0) is 15.7. The van der Waals surface area contributed by atoms with Crippen molar-refractivity contribution in [3.8, 4) is 9.88 Å². The summed E-state index contributed by atoms with van der Waals surface area (Å²) >= 11 is 3.05. The molecule has 120 valence electrons. The zero-order valence-corrected chi connectivity index (χ0v) is 15.2. The smallest absolute Gasteiger partial charge is 0.241 e. The standard InChI is InChI=1S/C15H20N2O2S3/c1-10-9-20-15(16-10)13-8-14(11(2)21-13)22(18,19)17-12-6-4-3-5-7-12/h8-9,12,17H,3-7H2,1-2H3. The van der Waals surface area contributed by atoms with Crippen LogP contribution in [0.2, 0.25) is 0 Å². The van der Waals surface area contributed by atoms with Crippen LogP contribution < -0.4 is 4.72 Å². The second-order valence-electron chi connectivity index (χ2n) is 5.78. The number of thiazole rings is 1. The Labute approximate surface area is 139 Å². The molecule has 2 aromatic heterocycles. The first-order chi connectivity index (χ1) is 10.5. The highest BCUT2D eigenvalue weighted by molar-refractivity contribution is 7.89. The lowest BCUT2D eigenvalue weighted by Crippen LogP contribution is -2.36. The number of aryl methyl sites for hydroxylation is 2. The van der Waals surface area contributed by atoms with Crippen molar-refractivity contribution in [3.63, 3.8) is 0 Å². The summed E-state index contributed by atoms with van der Waals surface area (Å²) < 4.78 is 28.2. The maximum Gasteiger partial charge on any atom is 0.241 e. The molecule has 0 unspecified atom stereocenters. The van der Waals surface area contributed by atoms with Gasteiger partial charge in [-0.15, -0.1) is 22.7 Å². The minimum Gasteiger partial charge on any atom is -0.241 e. The highest BCUT2D eigenvalue weighted by atomic mass is 32.2. The van der Waals surface area contributed by atoms with Crippen molar-refractivity contribution in [2.45, 2.75) is 56.9 Å². The fourth-order valence-corrected chi connectivity index (χ4v) is 6.56. The van der Waals surface area contributed by atoms with E-state index in [1.165, 1.54) is 17.8 Å². The van der Waals surface area contributed by atoms with E-state index in [0.717, 1.165) is 46.1 Å². The molecule has 2 heterocycles. The Morgan fingerprint density at radius 1 is 1.23 bits per heavy atom. The molecule has 7 heteroatoms. The Morgan fingerprint density at radius 2 is 1.95 bits per heavy atom. The van der Waals surface area contributed by atoms with Gasteiger partial charge in [0.1, 0.15) is 5.01 Å². The Balaban J connectivity index is 1.85. The van der Waals surface area contributed by atoms with Crippen molar-refractivity contribution in [1.29, 1.82) is 0 Å². The normalized spacial score (nSPS) is 17.0. The number of hydrogen-bond donors (Lipinski definition) is 1. The molecule has 0 aliphatic heterocycles. The monoisotopic (exact) mass is 356 g/mol. The van der Waals surface area contributed by atoms with Gasteiger partial charge in [-0.25, -0.2) is 18.1 Å². The van der Waals surface area contributed by atoms with Gasteiger partial charge in [-0.3, -0.25) is 0 Å². The lowest BCUT2D eigenvalue weighted by Gasteiger charge is -2.22. The molecule has 0 spiro atoms. The van der Waals surface area contributed by atoms with E-state index in [9.17, 15) is 8.42 Å². The lowest BCUT2D eigenvalue weighted by atomic mass is 9.96. The second kappa shape index (κ2) is 6.39. The number of thiophene rings is 1. The van der Waals surface area contributed by atoms with E-state index < -0.39 is 10.0 Å². The van der Waals surface area contributed by atoms with Crippen LogP contribution >= 0.6 is 22.7 Å². The van der Waals surface area contributed by atoms with Gasteiger partial charge in [0.25, 0.3) is 0 Å². The van der Waals surface area contributed by atoms with Gasteiger partial charge < -0.3 is 0 Å². The number of sulfonamides is 1. The van der Waals surface area contributed by atoms with Gasteiger partial charge in [-0.1, -0.05) is 19.3 Å². The molecule has 3 rings (SSSR count). The largest absolute Gasteiger partial charge is 0.241 e. The van der Waals surface area contributed by atoms with Crippen molar-refractivity contribution < 1.29 is 8.42 Å². The van der Waals surface area contributed by atoms with Crippen molar-refractivity contribution in [2.24, 2.45) is 0 Å². The number of hydrogen-bond acceptors (Lipinski definition) is 5. The number of nitrogens with one attached hydrogen (secondary N) is 1. The molecule has 1 N–H and O–H groups in total.